The molecule has 28 heavy (non-hydrogen) atoms. The monoisotopic (exact) mass is 381 g/mol. The maximum atomic E-state index is 12.2. The molecule has 2 aromatic carbocycles. The van der Waals surface area contributed by atoms with E-state index in [1.54, 1.807) is 48.5 Å². The fourth-order valence-electron chi connectivity index (χ4n) is 2.75. The van der Waals surface area contributed by atoms with E-state index in [2.05, 4.69) is 10.6 Å². The van der Waals surface area contributed by atoms with Gasteiger partial charge in [0.05, 0.1) is 5.52 Å². The molecular weight excluding hydrogens is 358 g/mol. The Morgan fingerprint density at radius 1 is 1.11 bits per heavy atom. The molecule has 1 heterocycles. The number of nitrogens with one attached hydrogen (secondary N) is 2. The number of amides is 2. The van der Waals surface area contributed by atoms with Crippen molar-refractivity contribution in [1.82, 2.24) is 15.2 Å². The van der Waals surface area contributed by atoms with Crippen LogP contribution in [0.3, 0.4) is 0 Å². The number of nitrogens with zero attached hydrogens (tertiary/aromatic N) is 1. The Bertz CT molecular complexity index is 1030. The first-order valence-electron chi connectivity index (χ1n) is 9.22. The van der Waals surface area contributed by atoms with Crippen molar-refractivity contribution in [3.63, 3.8) is 0 Å². The maximum absolute atomic E-state index is 12.2. The van der Waals surface area contributed by atoms with E-state index in [-0.39, 0.29) is 24.4 Å². The summed E-state index contributed by atoms with van der Waals surface area (Å²) in [7, 11) is 0. The second kappa shape index (κ2) is 8.56. The second-order valence-corrected chi connectivity index (χ2v) is 6.68. The molecule has 3 rings (SSSR count). The van der Waals surface area contributed by atoms with Gasteiger partial charge in [0.2, 0.25) is 5.91 Å². The number of carbonyl (C=O) groups excluding carboxylic acids is 2. The Labute approximate surface area is 162 Å². The molecule has 0 spiro atoms. The Morgan fingerprint density at radius 3 is 2.54 bits per heavy atom. The molecule has 0 saturated heterocycles. The van der Waals surface area contributed by atoms with E-state index in [1.807, 2.05) is 13.8 Å². The van der Waals surface area contributed by atoms with Crippen LogP contribution in [0.15, 0.2) is 57.7 Å². The molecule has 7 heteroatoms. The summed E-state index contributed by atoms with van der Waals surface area (Å²) in [5, 5.41) is 5.69. The number of aromatic nitrogens is 1. The van der Waals surface area contributed by atoms with Gasteiger partial charge in [0.15, 0.2) is 5.58 Å². The number of benzene rings is 2. The van der Waals surface area contributed by atoms with E-state index in [0.29, 0.717) is 23.2 Å². The van der Waals surface area contributed by atoms with Crippen LogP contribution in [0.5, 0.6) is 0 Å². The van der Waals surface area contributed by atoms with Crippen LogP contribution in [-0.2, 0) is 17.9 Å². The Kier molecular flexibility index (Phi) is 5.93. The van der Waals surface area contributed by atoms with Crippen LogP contribution < -0.4 is 16.4 Å². The van der Waals surface area contributed by atoms with Crippen molar-refractivity contribution < 1.29 is 14.0 Å². The van der Waals surface area contributed by atoms with E-state index >= 15 is 0 Å². The van der Waals surface area contributed by atoms with Gasteiger partial charge in [-0.2, -0.15) is 0 Å². The van der Waals surface area contributed by atoms with Crippen LogP contribution in [0.4, 0.5) is 0 Å². The minimum atomic E-state index is -0.562. The number of oxazole rings is 1. The first kappa shape index (κ1) is 19.4. The van der Waals surface area contributed by atoms with Crippen molar-refractivity contribution in [3.8, 4) is 0 Å². The molecule has 2 amide bonds. The zero-order valence-electron chi connectivity index (χ0n) is 15.9. The van der Waals surface area contributed by atoms with E-state index in [9.17, 15) is 14.4 Å². The summed E-state index contributed by atoms with van der Waals surface area (Å²) in [6.07, 6.45) is 0.866. The largest absolute Gasteiger partial charge is 0.420 e. The standard InChI is InChI=1S/C21H23N3O4/c1-3-14(2)23-20(26)16-10-8-15(9-11-16)12-22-19(25)13-24-17-6-4-5-7-18(17)28-21(24)27/h4-11,14H,3,12-13H2,1-2H3,(H,22,25)(H,23,26)/t14-/m1/s1. The van der Waals surface area contributed by atoms with Crippen LogP contribution in [0.2, 0.25) is 0 Å². The molecule has 3 aromatic rings. The van der Waals surface area contributed by atoms with Crippen molar-refractivity contribution in [2.45, 2.75) is 39.4 Å². The number of hydrogen-bond acceptors (Lipinski definition) is 4. The van der Waals surface area contributed by atoms with Crippen molar-refractivity contribution in [2.75, 3.05) is 0 Å². The van der Waals surface area contributed by atoms with Crippen molar-refractivity contribution in [2.24, 2.45) is 0 Å². The van der Waals surface area contributed by atoms with E-state index in [1.165, 1.54) is 4.57 Å². The van der Waals surface area contributed by atoms with Gasteiger partial charge in [-0.1, -0.05) is 31.2 Å². The fourth-order valence-corrected chi connectivity index (χ4v) is 2.75. The minimum absolute atomic E-state index is 0.115. The summed E-state index contributed by atoms with van der Waals surface area (Å²) < 4.78 is 6.42. The van der Waals surface area contributed by atoms with Gasteiger partial charge in [-0.3, -0.25) is 14.2 Å². The lowest BCUT2D eigenvalue weighted by atomic mass is 10.1. The third-order valence-corrected chi connectivity index (χ3v) is 4.57. The summed E-state index contributed by atoms with van der Waals surface area (Å²) in [4.78, 5) is 36.2. The van der Waals surface area contributed by atoms with E-state index in [0.717, 1.165) is 12.0 Å². The minimum Gasteiger partial charge on any atom is -0.408 e. The quantitative estimate of drug-likeness (QED) is 0.657. The Morgan fingerprint density at radius 2 is 1.82 bits per heavy atom. The summed E-state index contributed by atoms with van der Waals surface area (Å²) in [5.74, 6) is -0.976. The van der Waals surface area contributed by atoms with Gasteiger partial charge in [-0.25, -0.2) is 4.79 Å². The molecule has 2 N–H and O–H groups in total. The van der Waals surface area contributed by atoms with Gasteiger partial charge in [0, 0.05) is 18.2 Å². The smallest absolute Gasteiger partial charge is 0.408 e. The Hall–Kier alpha value is -3.35. The molecule has 1 aromatic heterocycles. The number of para-hydroxylation sites is 2. The van der Waals surface area contributed by atoms with Crippen LogP contribution >= 0.6 is 0 Å². The number of fused-ring (bicyclic) bond motifs is 1. The molecule has 1 atom stereocenters. The fraction of sp³-hybridized carbons (Fsp3) is 0.286. The average Bonchev–Trinajstić information content (AvgIpc) is 3.02. The molecule has 0 saturated carbocycles. The van der Waals surface area contributed by atoms with Crippen molar-refractivity contribution >= 4 is 22.9 Å². The third-order valence-electron chi connectivity index (χ3n) is 4.57. The number of hydrogen-bond donors (Lipinski definition) is 2. The topological polar surface area (TPSA) is 93.3 Å². The van der Waals surface area contributed by atoms with Crippen molar-refractivity contribution in [3.05, 3.63) is 70.2 Å². The van der Waals surface area contributed by atoms with Crippen LogP contribution in [0.1, 0.15) is 36.2 Å². The summed E-state index contributed by atoms with van der Waals surface area (Å²) in [6.45, 7) is 4.15. The zero-order valence-corrected chi connectivity index (χ0v) is 15.9. The highest BCUT2D eigenvalue weighted by Crippen LogP contribution is 2.11. The Balaban J connectivity index is 1.58. The predicted molar refractivity (Wildman–Crippen MR) is 106 cm³/mol. The first-order chi connectivity index (χ1) is 13.5. The van der Waals surface area contributed by atoms with Gasteiger partial charge in [0.1, 0.15) is 6.54 Å². The lowest BCUT2D eigenvalue weighted by Crippen LogP contribution is -2.32. The van der Waals surface area contributed by atoms with Gasteiger partial charge >= 0.3 is 5.76 Å². The highest BCUT2D eigenvalue weighted by Gasteiger charge is 2.12. The summed E-state index contributed by atoms with van der Waals surface area (Å²) >= 11 is 0. The molecule has 0 radical (unpaired) electrons. The van der Waals surface area contributed by atoms with Crippen LogP contribution in [0.25, 0.3) is 11.1 Å². The van der Waals surface area contributed by atoms with Gasteiger partial charge in [0.25, 0.3) is 5.91 Å². The molecule has 0 aliphatic heterocycles. The number of carbonyl (C=O) groups is 2. The normalized spacial score (nSPS) is 11.9. The summed E-state index contributed by atoms with van der Waals surface area (Å²) in [6, 6.07) is 14.1. The second-order valence-electron chi connectivity index (χ2n) is 6.68. The molecular formula is C21H23N3O4. The lowest BCUT2D eigenvalue weighted by Gasteiger charge is -2.11. The molecule has 0 aliphatic carbocycles. The van der Waals surface area contributed by atoms with E-state index < -0.39 is 5.76 Å². The maximum Gasteiger partial charge on any atom is 0.420 e. The highest BCUT2D eigenvalue weighted by atomic mass is 16.4. The van der Waals surface area contributed by atoms with Crippen molar-refractivity contribution in [1.29, 1.82) is 0 Å². The van der Waals surface area contributed by atoms with E-state index in [4.69, 9.17) is 4.42 Å². The molecule has 0 fully saturated rings. The zero-order chi connectivity index (χ0) is 20.1. The molecule has 0 bridgehead atoms. The molecule has 0 aliphatic rings. The molecule has 0 unspecified atom stereocenters. The van der Waals surface area contributed by atoms with Crippen LogP contribution in [0, 0.1) is 0 Å². The average molecular weight is 381 g/mol. The van der Waals surface area contributed by atoms with Gasteiger partial charge < -0.3 is 15.1 Å². The third kappa shape index (κ3) is 4.49. The van der Waals surface area contributed by atoms with Gasteiger partial charge in [-0.15, -0.1) is 0 Å². The molecule has 7 nitrogen and oxygen atoms in total. The predicted octanol–water partition coefficient (Wildman–Crippen LogP) is 2.44. The first-order valence-corrected chi connectivity index (χ1v) is 9.22. The van der Waals surface area contributed by atoms with Gasteiger partial charge in [-0.05, 0) is 43.2 Å². The molecule has 146 valence electrons. The SMILES string of the molecule is CC[C@@H](C)NC(=O)c1ccc(CNC(=O)Cn2c(=O)oc3ccccc32)cc1. The van der Waals surface area contributed by atoms with Crippen LogP contribution in [-0.4, -0.2) is 22.4 Å². The highest BCUT2D eigenvalue weighted by molar-refractivity contribution is 5.94. The summed E-state index contributed by atoms with van der Waals surface area (Å²) in [5.41, 5.74) is 2.47. The lowest BCUT2D eigenvalue weighted by molar-refractivity contribution is -0.121. The number of rotatable bonds is 7.